The molecule has 1 unspecified atom stereocenters. The smallest absolute Gasteiger partial charge is 0.306 e. The second-order valence-corrected chi connectivity index (χ2v) is 12.0. The zero-order chi connectivity index (χ0) is 29.4. The highest BCUT2D eigenvalue weighted by Gasteiger charge is 2.12. The molecule has 0 aromatic heterocycles. The van der Waals surface area contributed by atoms with Gasteiger partial charge in [-0.15, -0.1) is 0 Å². The van der Waals surface area contributed by atoms with E-state index in [1.54, 1.807) is 6.92 Å². The van der Waals surface area contributed by atoms with Gasteiger partial charge in [-0.3, -0.25) is 9.59 Å². The summed E-state index contributed by atoms with van der Waals surface area (Å²) in [5.41, 5.74) is 0. The number of hydrogen-bond acceptors (Lipinski definition) is 4. The Hall–Kier alpha value is -1.32. The van der Waals surface area contributed by atoms with E-state index in [1.165, 1.54) is 135 Å². The van der Waals surface area contributed by atoms with E-state index < -0.39 is 0 Å². The molecule has 0 spiro atoms. The number of hydrogen-bond donors (Lipinski definition) is 0. The Bertz CT molecular complexity index is 571. The summed E-state index contributed by atoms with van der Waals surface area (Å²) in [6.45, 7) is 6.48. The number of esters is 2. The summed E-state index contributed by atoms with van der Waals surface area (Å²) < 4.78 is 10.7. The largest absolute Gasteiger partial charge is 0.462 e. The molecule has 0 N–H and O–H groups in total. The van der Waals surface area contributed by atoms with Crippen LogP contribution >= 0.6 is 0 Å². The van der Waals surface area contributed by atoms with Gasteiger partial charge in [0.15, 0.2) is 0 Å². The average molecular weight is 565 g/mol. The lowest BCUT2D eigenvalue weighted by Crippen LogP contribution is -2.22. The standard InChI is InChI=1S/C36H68O4/c1-4-6-8-10-12-14-16-18-20-21-23-25-27-29-31-35(37)39-33-34(3)40-36(38)32-30-28-26-24-22-19-17-15-13-11-9-7-5-2/h15,17,34H,4-14,16,18-33H2,1-3H3/b17-15+. The van der Waals surface area contributed by atoms with E-state index in [1.807, 2.05) is 0 Å². The van der Waals surface area contributed by atoms with E-state index in [9.17, 15) is 9.59 Å². The summed E-state index contributed by atoms with van der Waals surface area (Å²) >= 11 is 0. The lowest BCUT2D eigenvalue weighted by atomic mass is 10.0. The van der Waals surface area contributed by atoms with Gasteiger partial charge in [0.05, 0.1) is 0 Å². The molecule has 0 aliphatic carbocycles. The van der Waals surface area contributed by atoms with Crippen molar-refractivity contribution >= 4 is 11.9 Å². The number of ether oxygens (including phenoxy) is 2. The van der Waals surface area contributed by atoms with Crippen LogP contribution in [0.3, 0.4) is 0 Å². The molecule has 4 heteroatoms. The third-order valence-corrected chi connectivity index (χ3v) is 7.69. The van der Waals surface area contributed by atoms with Gasteiger partial charge in [0.2, 0.25) is 0 Å². The molecule has 0 heterocycles. The summed E-state index contributed by atoms with van der Waals surface area (Å²) in [5, 5.41) is 0. The van der Waals surface area contributed by atoms with Crippen LogP contribution in [0.25, 0.3) is 0 Å². The quantitative estimate of drug-likeness (QED) is 0.0477. The third kappa shape index (κ3) is 31.2. The molecule has 0 aromatic carbocycles. The Morgan fingerprint density at radius 1 is 0.500 bits per heavy atom. The Kier molecular flexibility index (Phi) is 31.1. The van der Waals surface area contributed by atoms with Gasteiger partial charge < -0.3 is 9.47 Å². The summed E-state index contributed by atoms with van der Waals surface area (Å²) in [7, 11) is 0. The summed E-state index contributed by atoms with van der Waals surface area (Å²) in [6.07, 6.45) is 36.8. The fraction of sp³-hybridized carbons (Fsp3) is 0.889. The van der Waals surface area contributed by atoms with E-state index in [4.69, 9.17) is 9.47 Å². The van der Waals surface area contributed by atoms with E-state index in [2.05, 4.69) is 26.0 Å². The fourth-order valence-electron chi connectivity index (χ4n) is 5.05. The van der Waals surface area contributed by atoms with E-state index in [-0.39, 0.29) is 24.6 Å². The highest BCUT2D eigenvalue weighted by atomic mass is 16.6. The van der Waals surface area contributed by atoms with Crippen molar-refractivity contribution in [2.24, 2.45) is 0 Å². The molecular weight excluding hydrogens is 496 g/mol. The lowest BCUT2D eigenvalue weighted by molar-refractivity contribution is -0.158. The van der Waals surface area contributed by atoms with Gasteiger partial charge in [-0.05, 0) is 45.4 Å². The fourth-order valence-corrected chi connectivity index (χ4v) is 5.05. The Balaban J connectivity index is 3.44. The molecule has 236 valence electrons. The summed E-state index contributed by atoms with van der Waals surface area (Å²) in [5.74, 6) is -0.352. The minimum absolute atomic E-state index is 0.162. The van der Waals surface area contributed by atoms with Crippen LogP contribution in [0.15, 0.2) is 12.2 Å². The molecule has 0 bridgehead atoms. The van der Waals surface area contributed by atoms with Gasteiger partial charge in [-0.1, -0.05) is 148 Å². The van der Waals surface area contributed by atoms with Crippen LogP contribution in [-0.4, -0.2) is 24.6 Å². The number of carbonyl (C=O) groups is 2. The topological polar surface area (TPSA) is 52.6 Å². The van der Waals surface area contributed by atoms with Gasteiger partial charge in [-0.2, -0.15) is 0 Å². The number of allylic oxidation sites excluding steroid dienone is 2. The molecule has 0 rings (SSSR count). The highest BCUT2D eigenvalue weighted by molar-refractivity contribution is 5.70. The van der Waals surface area contributed by atoms with Crippen molar-refractivity contribution in [3.63, 3.8) is 0 Å². The summed E-state index contributed by atoms with van der Waals surface area (Å²) in [4.78, 5) is 24.0. The maximum absolute atomic E-state index is 12.0. The molecule has 0 aliphatic heterocycles. The van der Waals surface area contributed by atoms with Crippen LogP contribution in [0.1, 0.15) is 194 Å². The van der Waals surface area contributed by atoms with Crippen molar-refractivity contribution in [3.05, 3.63) is 12.2 Å². The summed E-state index contributed by atoms with van der Waals surface area (Å²) in [6, 6.07) is 0. The minimum atomic E-state index is -0.374. The van der Waals surface area contributed by atoms with Crippen molar-refractivity contribution in [3.8, 4) is 0 Å². The first-order valence-electron chi connectivity index (χ1n) is 17.6. The molecule has 1 atom stereocenters. The normalized spacial score (nSPS) is 12.2. The predicted octanol–water partition coefficient (Wildman–Crippen LogP) is 11.6. The van der Waals surface area contributed by atoms with Crippen LogP contribution in [0.4, 0.5) is 0 Å². The second kappa shape index (κ2) is 32.2. The first-order valence-corrected chi connectivity index (χ1v) is 17.6. The second-order valence-electron chi connectivity index (χ2n) is 12.0. The minimum Gasteiger partial charge on any atom is -0.462 e. The molecule has 0 saturated heterocycles. The van der Waals surface area contributed by atoms with Crippen LogP contribution < -0.4 is 0 Å². The lowest BCUT2D eigenvalue weighted by Gasteiger charge is -2.13. The maximum Gasteiger partial charge on any atom is 0.306 e. The van der Waals surface area contributed by atoms with Gasteiger partial charge in [0.1, 0.15) is 12.7 Å². The molecule has 0 aliphatic rings. The molecule has 0 fully saturated rings. The van der Waals surface area contributed by atoms with Crippen LogP contribution in [-0.2, 0) is 19.1 Å². The number of carbonyl (C=O) groups excluding carboxylic acids is 2. The molecule has 0 amide bonds. The zero-order valence-corrected chi connectivity index (χ0v) is 27.2. The van der Waals surface area contributed by atoms with Crippen LogP contribution in [0.2, 0.25) is 0 Å². The molecule has 4 nitrogen and oxygen atoms in total. The molecular formula is C36H68O4. The zero-order valence-electron chi connectivity index (χ0n) is 27.2. The van der Waals surface area contributed by atoms with Crippen molar-refractivity contribution in [2.75, 3.05) is 6.61 Å². The SMILES string of the molecule is CCCCCC/C=C/CCCCCCCC(=O)OC(C)COC(=O)CCCCCCCCCCCCCCCC. The van der Waals surface area contributed by atoms with E-state index in [0.717, 1.165) is 25.7 Å². The van der Waals surface area contributed by atoms with E-state index in [0.29, 0.717) is 12.8 Å². The van der Waals surface area contributed by atoms with Crippen LogP contribution in [0, 0.1) is 0 Å². The maximum atomic E-state index is 12.0. The molecule has 0 aromatic rings. The predicted molar refractivity (Wildman–Crippen MR) is 172 cm³/mol. The third-order valence-electron chi connectivity index (χ3n) is 7.69. The molecule has 0 radical (unpaired) electrons. The first kappa shape index (κ1) is 38.7. The van der Waals surface area contributed by atoms with Crippen molar-refractivity contribution < 1.29 is 19.1 Å². The Morgan fingerprint density at radius 3 is 1.30 bits per heavy atom. The number of rotatable bonds is 31. The molecule has 0 saturated carbocycles. The average Bonchev–Trinajstić information content (AvgIpc) is 2.94. The highest BCUT2D eigenvalue weighted by Crippen LogP contribution is 2.14. The van der Waals surface area contributed by atoms with Gasteiger partial charge in [0.25, 0.3) is 0 Å². The Morgan fingerprint density at radius 2 is 0.850 bits per heavy atom. The van der Waals surface area contributed by atoms with Crippen molar-refractivity contribution in [2.45, 2.75) is 200 Å². The van der Waals surface area contributed by atoms with Gasteiger partial charge in [0, 0.05) is 12.8 Å². The van der Waals surface area contributed by atoms with Crippen LogP contribution in [0.5, 0.6) is 0 Å². The Labute approximate surface area is 249 Å². The molecule has 40 heavy (non-hydrogen) atoms. The first-order chi connectivity index (χ1) is 19.6. The number of unbranched alkanes of at least 4 members (excludes halogenated alkanes) is 22. The van der Waals surface area contributed by atoms with Gasteiger partial charge in [-0.25, -0.2) is 0 Å². The van der Waals surface area contributed by atoms with Crippen molar-refractivity contribution in [1.82, 2.24) is 0 Å². The van der Waals surface area contributed by atoms with E-state index >= 15 is 0 Å². The van der Waals surface area contributed by atoms with Gasteiger partial charge >= 0.3 is 11.9 Å². The van der Waals surface area contributed by atoms with Crippen molar-refractivity contribution in [1.29, 1.82) is 0 Å². The monoisotopic (exact) mass is 565 g/mol.